The average molecular weight is 303 g/mol. The molecular formula is C17H25N3O2. The Kier molecular flexibility index (Phi) is 4.62. The zero-order chi connectivity index (χ0) is 15.5. The lowest BCUT2D eigenvalue weighted by atomic mass is 10.2. The molecule has 2 aliphatic rings. The lowest BCUT2D eigenvalue weighted by Gasteiger charge is -2.30. The summed E-state index contributed by atoms with van der Waals surface area (Å²) in [4.78, 5) is 20.7. The fourth-order valence-corrected chi connectivity index (χ4v) is 3.32. The first-order valence-corrected chi connectivity index (χ1v) is 8.17. The predicted octanol–water partition coefficient (Wildman–Crippen LogP) is 2.07. The number of aromatic nitrogens is 1. The minimum Gasteiger partial charge on any atom is -0.481 e. The van der Waals surface area contributed by atoms with E-state index in [0.29, 0.717) is 18.0 Å². The Bertz CT molecular complexity index is 513. The fourth-order valence-electron chi connectivity index (χ4n) is 3.32. The van der Waals surface area contributed by atoms with E-state index in [1.165, 1.54) is 31.2 Å². The van der Waals surface area contributed by atoms with E-state index in [-0.39, 0.29) is 5.91 Å². The first-order valence-electron chi connectivity index (χ1n) is 8.17. The van der Waals surface area contributed by atoms with Crippen molar-refractivity contribution in [1.29, 1.82) is 0 Å². The number of nitrogens with zero attached hydrogens (tertiary/aromatic N) is 3. The van der Waals surface area contributed by atoms with E-state index in [0.717, 1.165) is 19.6 Å². The van der Waals surface area contributed by atoms with Crippen LogP contribution in [0.2, 0.25) is 0 Å². The summed E-state index contributed by atoms with van der Waals surface area (Å²) in [7, 11) is 1.63. The predicted molar refractivity (Wildman–Crippen MR) is 84.6 cm³/mol. The molecule has 1 aliphatic heterocycles. The second kappa shape index (κ2) is 6.65. The summed E-state index contributed by atoms with van der Waals surface area (Å²) < 4.78 is 5.10. The topological polar surface area (TPSA) is 45.7 Å². The third-order valence-corrected chi connectivity index (χ3v) is 4.69. The molecule has 120 valence electrons. The maximum Gasteiger partial charge on any atom is 0.219 e. The lowest BCUT2D eigenvalue weighted by Crippen LogP contribution is -2.43. The summed E-state index contributed by atoms with van der Waals surface area (Å²) in [5, 5.41) is 0. The van der Waals surface area contributed by atoms with Gasteiger partial charge in [-0.2, -0.15) is 0 Å². The molecule has 1 unspecified atom stereocenters. The highest BCUT2D eigenvalue weighted by atomic mass is 16.5. The first kappa shape index (κ1) is 15.3. The highest BCUT2D eigenvalue weighted by Crippen LogP contribution is 2.29. The van der Waals surface area contributed by atoms with Crippen molar-refractivity contribution in [3.05, 3.63) is 23.9 Å². The van der Waals surface area contributed by atoms with Crippen LogP contribution in [0.3, 0.4) is 0 Å². The molecule has 0 bridgehead atoms. The highest BCUT2D eigenvalue weighted by Gasteiger charge is 2.35. The van der Waals surface area contributed by atoms with Crippen LogP contribution in [0.15, 0.2) is 18.3 Å². The second-order valence-electron chi connectivity index (χ2n) is 6.38. The van der Waals surface area contributed by atoms with Crippen LogP contribution in [0.25, 0.3) is 0 Å². The number of hydrogen-bond acceptors (Lipinski definition) is 4. The van der Waals surface area contributed by atoms with Gasteiger partial charge in [0, 0.05) is 44.4 Å². The van der Waals surface area contributed by atoms with Crippen molar-refractivity contribution < 1.29 is 9.53 Å². The van der Waals surface area contributed by atoms with Crippen LogP contribution in [0.4, 0.5) is 0 Å². The molecular weight excluding hydrogens is 278 g/mol. The summed E-state index contributed by atoms with van der Waals surface area (Å²) in [6.07, 6.45) is 6.63. The van der Waals surface area contributed by atoms with Crippen LogP contribution < -0.4 is 4.74 Å². The summed E-state index contributed by atoms with van der Waals surface area (Å²) in [5.41, 5.74) is 1.20. The Morgan fingerprint density at radius 2 is 2.23 bits per heavy atom. The number of ether oxygens (including phenoxy) is 1. The van der Waals surface area contributed by atoms with Crippen molar-refractivity contribution >= 4 is 5.91 Å². The maximum atomic E-state index is 11.8. The Balaban J connectivity index is 1.60. The summed E-state index contributed by atoms with van der Waals surface area (Å²) in [6, 6.07) is 4.96. The summed E-state index contributed by atoms with van der Waals surface area (Å²) in [5.74, 6) is 0.874. The van der Waals surface area contributed by atoms with Crippen molar-refractivity contribution in [2.45, 2.75) is 51.2 Å². The molecule has 1 saturated heterocycles. The highest BCUT2D eigenvalue weighted by molar-refractivity contribution is 5.74. The lowest BCUT2D eigenvalue weighted by molar-refractivity contribution is -0.130. The molecule has 0 N–H and O–H groups in total. The molecule has 22 heavy (non-hydrogen) atoms. The standard InChI is InChI=1S/C17H25N3O2/c1-13(21)20(15-6-7-15)12-16-4-3-9-19(16)11-14-5-8-17(22-2)18-10-14/h5,8,10,15-16H,3-4,6-7,9,11-12H2,1-2H3. The van der Waals surface area contributed by atoms with Crippen LogP contribution in [0.5, 0.6) is 5.88 Å². The molecule has 1 atom stereocenters. The number of pyridine rings is 1. The zero-order valence-electron chi connectivity index (χ0n) is 13.5. The molecule has 1 amide bonds. The van der Waals surface area contributed by atoms with E-state index in [4.69, 9.17) is 4.74 Å². The molecule has 0 spiro atoms. The maximum absolute atomic E-state index is 11.8. The second-order valence-corrected chi connectivity index (χ2v) is 6.38. The summed E-state index contributed by atoms with van der Waals surface area (Å²) in [6.45, 7) is 4.58. The Morgan fingerprint density at radius 3 is 2.82 bits per heavy atom. The van der Waals surface area contributed by atoms with Gasteiger partial charge in [0.2, 0.25) is 11.8 Å². The van der Waals surface area contributed by atoms with Gasteiger partial charge in [0.15, 0.2) is 0 Å². The molecule has 5 nitrogen and oxygen atoms in total. The van der Waals surface area contributed by atoms with Crippen molar-refractivity contribution in [1.82, 2.24) is 14.8 Å². The Labute approximate surface area is 132 Å². The van der Waals surface area contributed by atoms with E-state index >= 15 is 0 Å². The SMILES string of the molecule is COc1ccc(CN2CCCC2CN(C(C)=O)C2CC2)cn1. The Morgan fingerprint density at radius 1 is 1.41 bits per heavy atom. The molecule has 1 aliphatic carbocycles. The fraction of sp³-hybridized carbons (Fsp3) is 0.647. The number of rotatable bonds is 6. The minimum absolute atomic E-state index is 0.223. The molecule has 2 fully saturated rings. The quantitative estimate of drug-likeness (QED) is 0.807. The van der Waals surface area contributed by atoms with Gasteiger partial charge in [-0.1, -0.05) is 6.07 Å². The molecule has 5 heteroatoms. The number of likely N-dealkylation sites (tertiary alicyclic amines) is 1. The van der Waals surface area contributed by atoms with Gasteiger partial charge in [-0.05, 0) is 37.8 Å². The van der Waals surface area contributed by atoms with Gasteiger partial charge in [-0.25, -0.2) is 4.98 Å². The first-order chi connectivity index (χ1) is 10.7. The van der Waals surface area contributed by atoms with Crippen molar-refractivity contribution in [2.24, 2.45) is 0 Å². The third-order valence-electron chi connectivity index (χ3n) is 4.69. The van der Waals surface area contributed by atoms with Crippen LogP contribution in [-0.4, -0.2) is 53.0 Å². The van der Waals surface area contributed by atoms with Crippen molar-refractivity contribution in [2.75, 3.05) is 20.2 Å². The molecule has 1 saturated carbocycles. The van der Waals surface area contributed by atoms with Gasteiger partial charge in [-0.15, -0.1) is 0 Å². The number of hydrogen-bond donors (Lipinski definition) is 0. The van der Waals surface area contributed by atoms with Crippen molar-refractivity contribution in [3.63, 3.8) is 0 Å². The summed E-state index contributed by atoms with van der Waals surface area (Å²) >= 11 is 0. The van der Waals surface area contributed by atoms with Crippen LogP contribution >= 0.6 is 0 Å². The van der Waals surface area contributed by atoms with E-state index in [2.05, 4.69) is 20.9 Å². The van der Waals surface area contributed by atoms with E-state index in [1.54, 1.807) is 14.0 Å². The average Bonchev–Trinajstić information content (AvgIpc) is 3.27. The zero-order valence-corrected chi connectivity index (χ0v) is 13.5. The minimum atomic E-state index is 0.223. The van der Waals surface area contributed by atoms with E-state index < -0.39 is 0 Å². The van der Waals surface area contributed by atoms with Gasteiger partial charge in [0.1, 0.15) is 0 Å². The van der Waals surface area contributed by atoms with Gasteiger partial charge >= 0.3 is 0 Å². The monoisotopic (exact) mass is 303 g/mol. The molecule has 1 aromatic rings. The number of carbonyl (C=O) groups is 1. The van der Waals surface area contributed by atoms with Crippen LogP contribution in [0.1, 0.15) is 38.2 Å². The molecule has 0 radical (unpaired) electrons. The number of amides is 1. The van der Waals surface area contributed by atoms with E-state index in [9.17, 15) is 4.79 Å². The molecule has 3 rings (SSSR count). The van der Waals surface area contributed by atoms with Crippen molar-refractivity contribution in [3.8, 4) is 5.88 Å². The largest absolute Gasteiger partial charge is 0.481 e. The Hall–Kier alpha value is -1.62. The van der Waals surface area contributed by atoms with Gasteiger partial charge in [0.25, 0.3) is 0 Å². The van der Waals surface area contributed by atoms with E-state index in [1.807, 2.05) is 12.3 Å². The number of carbonyl (C=O) groups excluding carboxylic acids is 1. The van der Waals surface area contributed by atoms with Gasteiger partial charge < -0.3 is 9.64 Å². The molecule has 0 aromatic carbocycles. The molecule has 1 aromatic heterocycles. The molecule has 2 heterocycles. The smallest absolute Gasteiger partial charge is 0.219 e. The normalized spacial score (nSPS) is 21.8. The third kappa shape index (κ3) is 3.58. The van der Waals surface area contributed by atoms with Crippen LogP contribution in [0, 0.1) is 0 Å². The van der Waals surface area contributed by atoms with Gasteiger partial charge in [0.05, 0.1) is 7.11 Å². The van der Waals surface area contributed by atoms with Crippen LogP contribution in [-0.2, 0) is 11.3 Å². The van der Waals surface area contributed by atoms with Gasteiger partial charge in [-0.3, -0.25) is 9.69 Å². The number of methoxy groups -OCH3 is 1.